The van der Waals surface area contributed by atoms with Crippen molar-refractivity contribution in [2.24, 2.45) is 0 Å². The Hall–Kier alpha value is -4.27. The maximum Gasteiger partial charge on any atom is 0.530 e. The van der Waals surface area contributed by atoms with Crippen LogP contribution in [0.3, 0.4) is 0 Å². The number of phosphoric acid groups is 1. The number of hydrogen-bond donors (Lipinski definition) is 1. The van der Waals surface area contributed by atoms with Crippen LogP contribution in [0.1, 0.15) is 33.2 Å². The number of phosphoric ester groups is 1. The van der Waals surface area contributed by atoms with Crippen LogP contribution in [-0.4, -0.2) is 91.7 Å². The van der Waals surface area contributed by atoms with Crippen molar-refractivity contribution in [3.8, 4) is 23.3 Å². The van der Waals surface area contributed by atoms with Gasteiger partial charge in [-0.1, -0.05) is 6.07 Å². The maximum absolute atomic E-state index is 16.6. The molecule has 0 saturated carbocycles. The summed E-state index contributed by atoms with van der Waals surface area (Å²) >= 11 is 0. The third-order valence-electron chi connectivity index (χ3n) is 9.01. The minimum atomic E-state index is -4.52. The summed E-state index contributed by atoms with van der Waals surface area (Å²) in [5, 5.41) is 0. The number of anilines is 1. The molecule has 0 radical (unpaired) electrons. The second-order valence-electron chi connectivity index (χ2n) is 12.8. The van der Waals surface area contributed by atoms with E-state index >= 15 is 8.78 Å². The number of fused-ring (bicyclic) bond motifs is 3. The molecule has 0 amide bonds. The number of nitrogen functional groups attached to an aromatic ring is 1. The van der Waals surface area contributed by atoms with Crippen molar-refractivity contribution in [3.63, 3.8) is 0 Å². The molecule has 10 atom stereocenters. The number of rotatable bonds is 9. The van der Waals surface area contributed by atoms with Crippen LogP contribution < -0.4 is 29.9 Å². The van der Waals surface area contributed by atoms with Crippen LogP contribution in [0.4, 0.5) is 14.7 Å². The van der Waals surface area contributed by atoms with Crippen LogP contribution >= 0.6 is 15.4 Å². The zero-order valence-electron chi connectivity index (χ0n) is 28.8. The SMILES string of the molecule is CCOc1nc(N)nc2c1ncn2[C@@H]1O[C@@H]2COP(=O)(Oc3cccc(OP4(=O)CO[C@H]5O[C@@H](n6ccc(OC)nc6=O)[C@](C)(F)[C@@H]5O4)c3)O[C@H]2[C@@]1(C)F. The fourth-order valence-electron chi connectivity index (χ4n) is 6.54. The van der Waals surface area contributed by atoms with Gasteiger partial charge in [0, 0.05) is 18.3 Å². The summed E-state index contributed by atoms with van der Waals surface area (Å²) in [6, 6.07) is 6.68. The van der Waals surface area contributed by atoms with Gasteiger partial charge in [-0.05, 0) is 32.9 Å². The summed E-state index contributed by atoms with van der Waals surface area (Å²) in [6.07, 6.45) is -6.46. The highest BCUT2D eigenvalue weighted by Gasteiger charge is 2.63. The van der Waals surface area contributed by atoms with Gasteiger partial charge in [0.05, 0.1) is 26.7 Å². The van der Waals surface area contributed by atoms with Gasteiger partial charge in [0.2, 0.25) is 17.7 Å². The lowest BCUT2D eigenvalue weighted by atomic mass is 9.98. The molecule has 2 unspecified atom stereocenters. The van der Waals surface area contributed by atoms with Gasteiger partial charge in [0.25, 0.3) is 0 Å². The van der Waals surface area contributed by atoms with E-state index in [1.54, 1.807) is 6.92 Å². The summed E-state index contributed by atoms with van der Waals surface area (Å²) in [5.74, 6) is -0.273. The average Bonchev–Trinajstić information content (AvgIpc) is 3.73. The zero-order valence-corrected chi connectivity index (χ0v) is 30.6. The first-order valence-electron chi connectivity index (χ1n) is 16.4. The lowest BCUT2D eigenvalue weighted by Crippen LogP contribution is -2.46. The molecule has 0 spiro atoms. The Bertz CT molecular complexity index is 2260. The summed E-state index contributed by atoms with van der Waals surface area (Å²) in [7, 11) is -7.45. The standard InChI is InChI=1S/C30H33F2N7O13P2/c1-5-44-23-19-22(36-27(33)37-23)39(13-34-19)26-29(2,31)20-17(47-26)12-46-54(42,52-20)50-16-8-6-7-15(11-16)49-53(41)14-45-24-21(51-53)30(3,32)25(48-24)38-10-9-18(43-4)35-28(38)40/h6-11,13,17,20-21,24-26H,5,12,14H2,1-4H3,(H2,33,36,37)/t17-,20-,21-,24+,25-,26-,29-,30-,53?,54?/m1/s1. The van der Waals surface area contributed by atoms with Crippen molar-refractivity contribution in [3.05, 3.63) is 53.3 Å². The third-order valence-corrected chi connectivity index (χ3v) is 11.9. The summed E-state index contributed by atoms with van der Waals surface area (Å²) in [4.78, 5) is 28.7. The number of nitrogens with two attached hydrogens (primary N) is 1. The topological polar surface area (TPSA) is 231 Å². The number of alkyl halides is 2. The van der Waals surface area contributed by atoms with Crippen LogP contribution in [0.25, 0.3) is 11.2 Å². The molecule has 54 heavy (non-hydrogen) atoms. The Morgan fingerprint density at radius 3 is 2.48 bits per heavy atom. The van der Waals surface area contributed by atoms with E-state index in [0.29, 0.717) is 0 Å². The Morgan fingerprint density at radius 2 is 1.74 bits per heavy atom. The molecule has 7 heterocycles. The number of benzene rings is 1. The van der Waals surface area contributed by atoms with E-state index in [1.165, 1.54) is 61.5 Å². The number of hydrogen-bond acceptors (Lipinski definition) is 18. The van der Waals surface area contributed by atoms with E-state index in [4.69, 9.17) is 52.0 Å². The van der Waals surface area contributed by atoms with Crippen LogP contribution in [0.2, 0.25) is 0 Å². The van der Waals surface area contributed by atoms with Crippen LogP contribution in [-0.2, 0) is 36.9 Å². The summed E-state index contributed by atoms with van der Waals surface area (Å²) in [5.41, 5.74) is 0.581. The van der Waals surface area contributed by atoms with Gasteiger partial charge in [0.1, 0.15) is 23.7 Å². The van der Waals surface area contributed by atoms with E-state index < -0.39 is 75.9 Å². The first kappa shape index (κ1) is 36.7. The Morgan fingerprint density at radius 1 is 1.00 bits per heavy atom. The summed E-state index contributed by atoms with van der Waals surface area (Å²) in [6.45, 7) is 3.93. The maximum atomic E-state index is 16.6. The van der Waals surface area contributed by atoms with Gasteiger partial charge in [-0.3, -0.25) is 22.7 Å². The molecular weight excluding hydrogens is 766 g/mol. The monoisotopic (exact) mass is 799 g/mol. The van der Waals surface area contributed by atoms with Gasteiger partial charge in [-0.2, -0.15) is 15.0 Å². The molecule has 0 bridgehead atoms. The first-order chi connectivity index (χ1) is 25.6. The van der Waals surface area contributed by atoms with Crippen molar-refractivity contribution in [1.29, 1.82) is 0 Å². The van der Waals surface area contributed by atoms with Crippen molar-refractivity contribution < 1.29 is 64.2 Å². The number of imidazole rings is 1. The van der Waals surface area contributed by atoms with Crippen LogP contribution in [0, 0.1) is 0 Å². The fourth-order valence-corrected chi connectivity index (χ4v) is 9.59. The van der Waals surface area contributed by atoms with Gasteiger partial charge in [-0.15, -0.1) is 0 Å². The van der Waals surface area contributed by atoms with Crippen LogP contribution in [0.5, 0.6) is 23.3 Å². The second kappa shape index (κ2) is 13.2. The molecule has 4 aromatic rings. The van der Waals surface area contributed by atoms with E-state index in [0.717, 1.165) is 11.5 Å². The molecule has 0 aliphatic carbocycles. The Labute approximate surface area is 303 Å². The molecule has 20 nitrogen and oxygen atoms in total. The normalized spacial score (nSPS) is 36.0. The van der Waals surface area contributed by atoms with Crippen molar-refractivity contribution in [2.45, 2.75) is 69.2 Å². The molecule has 4 fully saturated rings. The number of halogens is 2. The number of aromatic nitrogens is 6. The number of ether oxygens (including phenoxy) is 5. The highest BCUT2D eigenvalue weighted by Crippen LogP contribution is 2.61. The van der Waals surface area contributed by atoms with Gasteiger partial charge >= 0.3 is 21.1 Å². The zero-order chi connectivity index (χ0) is 38.2. The molecule has 3 aromatic heterocycles. The molecule has 4 aliphatic rings. The molecule has 8 rings (SSSR count). The Kier molecular flexibility index (Phi) is 8.96. The fraction of sp³-hybridized carbons (Fsp3) is 0.500. The van der Waals surface area contributed by atoms with Crippen LogP contribution in [0.15, 0.2) is 47.7 Å². The molecule has 2 N–H and O–H groups in total. The van der Waals surface area contributed by atoms with Crippen molar-refractivity contribution in [2.75, 3.05) is 32.4 Å². The van der Waals surface area contributed by atoms with Gasteiger partial charge in [0.15, 0.2) is 53.7 Å². The van der Waals surface area contributed by atoms with Crippen molar-refractivity contribution >= 4 is 32.5 Å². The molecule has 24 heteroatoms. The highest BCUT2D eigenvalue weighted by molar-refractivity contribution is 7.54. The van der Waals surface area contributed by atoms with E-state index in [9.17, 15) is 13.9 Å². The molecular formula is C30H33F2N7O13P2. The highest BCUT2D eigenvalue weighted by atomic mass is 31.2. The molecule has 1 aromatic carbocycles. The van der Waals surface area contributed by atoms with E-state index in [1.807, 2.05) is 0 Å². The largest absolute Gasteiger partial charge is 0.530 e. The third kappa shape index (κ3) is 6.29. The summed E-state index contributed by atoms with van der Waals surface area (Å²) < 4.78 is 118. The second-order valence-corrected chi connectivity index (χ2v) is 16.3. The average molecular weight is 800 g/mol. The van der Waals surface area contributed by atoms with E-state index in [2.05, 4.69) is 19.9 Å². The number of nitrogens with zero attached hydrogens (tertiary/aromatic N) is 6. The molecule has 4 aliphatic heterocycles. The Balaban J connectivity index is 0.959. The lowest BCUT2D eigenvalue weighted by molar-refractivity contribution is -0.179. The van der Waals surface area contributed by atoms with Crippen molar-refractivity contribution in [1.82, 2.24) is 29.1 Å². The smallest absolute Gasteiger partial charge is 0.481 e. The minimum Gasteiger partial charge on any atom is -0.481 e. The first-order valence-corrected chi connectivity index (χ1v) is 19.6. The minimum absolute atomic E-state index is 0.0143. The lowest BCUT2D eigenvalue weighted by Gasteiger charge is -2.34. The predicted octanol–water partition coefficient (Wildman–Crippen LogP) is 3.83. The quantitative estimate of drug-likeness (QED) is 0.237. The van der Waals surface area contributed by atoms with E-state index in [-0.39, 0.29) is 53.6 Å². The van der Waals surface area contributed by atoms with Gasteiger partial charge < -0.3 is 38.5 Å². The predicted molar refractivity (Wildman–Crippen MR) is 177 cm³/mol. The molecule has 290 valence electrons. The van der Waals surface area contributed by atoms with Gasteiger partial charge in [-0.25, -0.2) is 27.7 Å². The molecule has 4 saturated heterocycles. The number of methoxy groups -OCH3 is 1.